The highest BCUT2D eigenvalue weighted by molar-refractivity contribution is 7.89. The van der Waals surface area contributed by atoms with Crippen LogP contribution < -0.4 is 20.7 Å². The summed E-state index contributed by atoms with van der Waals surface area (Å²) in [6.07, 6.45) is 8.31. The summed E-state index contributed by atoms with van der Waals surface area (Å²) < 4.78 is 42.2. The SMILES string of the molecule is C[C@@H](NC(=O)[C@H]1CC[C@H](NS(=O)(=O)c2cnc3c(c2)N[C@H]2CCCC[C@@H]2N3)CC1)c1ccc(F)cc1. The van der Waals surface area contributed by atoms with Crippen molar-refractivity contribution >= 4 is 27.4 Å². The van der Waals surface area contributed by atoms with Crippen molar-refractivity contribution in [2.45, 2.75) is 87.4 Å². The minimum atomic E-state index is -3.73. The molecule has 0 unspecified atom stereocenters. The van der Waals surface area contributed by atoms with Crippen molar-refractivity contribution in [2.75, 3.05) is 10.6 Å². The Hall–Kier alpha value is -2.72. The monoisotopic (exact) mass is 515 g/mol. The Bertz CT molecular complexity index is 1200. The first kappa shape index (κ1) is 25.0. The second kappa shape index (κ2) is 10.3. The number of pyridine rings is 1. The van der Waals surface area contributed by atoms with Gasteiger partial charge >= 0.3 is 0 Å². The molecule has 0 spiro atoms. The number of anilines is 2. The van der Waals surface area contributed by atoms with E-state index in [0.29, 0.717) is 43.6 Å². The van der Waals surface area contributed by atoms with E-state index in [2.05, 4.69) is 25.7 Å². The molecule has 10 heteroatoms. The van der Waals surface area contributed by atoms with Crippen LogP contribution in [-0.2, 0) is 14.8 Å². The zero-order valence-electron chi connectivity index (χ0n) is 20.5. The van der Waals surface area contributed by atoms with Gasteiger partial charge in [-0.05, 0) is 69.2 Å². The minimum absolute atomic E-state index is 0.0494. The van der Waals surface area contributed by atoms with Crippen molar-refractivity contribution < 1.29 is 17.6 Å². The molecule has 5 rings (SSSR count). The number of benzene rings is 1. The van der Waals surface area contributed by atoms with Gasteiger partial charge in [0.15, 0.2) is 0 Å². The average molecular weight is 516 g/mol. The highest BCUT2D eigenvalue weighted by Gasteiger charge is 2.33. The fourth-order valence-corrected chi connectivity index (χ4v) is 6.87. The maximum atomic E-state index is 13.2. The lowest BCUT2D eigenvalue weighted by atomic mass is 9.85. The fourth-order valence-electron chi connectivity index (χ4n) is 5.60. The van der Waals surface area contributed by atoms with Crippen LogP contribution in [0.4, 0.5) is 15.9 Å². The number of carbonyl (C=O) groups is 1. The van der Waals surface area contributed by atoms with E-state index >= 15 is 0 Å². The number of nitrogens with zero attached hydrogens (tertiary/aromatic N) is 1. The zero-order valence-corrected chi connectivity index (χ0v) is 21.3. The van der Waals surface area contributed by atoms with Crippen LogP contribution in [0.15, 0.2) is 41.4 Å². The Morgan fingerprint density at radius 3 is 2.39 bits per heavy atom. The molecule has 2 fully saturated rings. The number of halogens is 1. The minimum Gasteiger partial charge on any atom is -0.377 e. The van der Waals surface area contributed by atoms with E-state index in [9.17, 15) is 17.6 Å². The van der Waals surface area contributed by atoms with E-state index in [-0.39, 0.29) is 34.6 Å². The number of fused-ring (bicyclic) bond motifs is 2. The van der Waals surface area contributed by atoms with E-state index in [4.69, 9.17) is 0 Å². The molecule has 2 aliphatic carbocycles. The van der Waals surface area contributed by atoms with Crippen molar-refractivity contribution in [1.29, 1.82) is 0 Å². The molecule has 0 saturated heterocycles. The summed E-state index contributed by atoms with van der Waals surface area (Å²) in [6, 6.07) is 7.95. The largest absolute Gasteiger partial charge is 0.377 e. The Kier molecular flexibility index (Phi) is 7.16. The number of rotatable bonds is 6. The van der Waals surface area contributed by atoms with E-state index < -0.39 is 10.0 Å². The quantitative estimate of drug-likeness (QED) is 0.461. The van der Waals surface area contributed by atoms with Crippen LogP contribution in [0.25, 0.3) is 0 Å². The Morgan fingerprint density at radius 1 is 1.03 bits per heavy atom. The molecule has 0 radical (unpaired) electrons. The lowest BCUT2D eigenvalue weighted by Crippen LogP contribution is -2.45. The van der Waals surface area contributed by atoms with Crippen LogP contribution in [0.5, 0.6) is 0 Å². The first-order valence-electron chi connectivity index (χ1n) is 12.9. The molecular weight excluding hydrogens is 481 g/mol. The molecule has 3 atom stereocenters. The Balaban J connectivity index is 1.15. The van der Waals surface area contributed by atoms with Gasteiger partial charge in [-0.3, -0.25) is 4.79 Å². The third-order valence-electron chi connectivity index (χ3n) is 7.75. The maximum Gasteiger partial charge on any atom is 0.242 e. The van der Waals surface area contributed by atoms with Gasteiger partial charge in [0.1, 0.15) is 16.5 Å². The predicted octanol–water partition coefficient (Wildman–Crippen LogP) is 4.08. The molecule has 1 amide bonds. The van der Waals surface area contributed by atoms with Gasteiger partial charge in [-0.15, -0.1) is 0 Å². The number of carbonyl (C=O) groups excluding carboxylic acids is 1. The lowest BCUT2D eigenvalue weighted by Gasteiger charge is -2.38. The Labute approximate surface area is 211 Å². The van der Waals surface area contributed by atoms with Gasteiger partial charge < -0.3 is 16.0 Å². The summed E-state index contributed by atoms with van der Waals surface area (Å²) >= 11 is 0. The molecule has 1 aliphatic heterocycles. The van der Waals surface area contributed by atoms with Crippen molar-refractivity contribution in [3.8, 4) is 0 Å². The summed E-state index contributed by atoms with van der Waals surface area (Å²) in [5.41, 5.74) is 1.57. The molecular formula is C26H34FN5O3S. The summed E-state index contributed by atoms with van der Waals surface area (Å²) in [7, 11) is -3.73. The van der Waals surface area contributed by atoms with Crippen molar-refractivity contribution in [3.05, 3.63) is 47.9 Å². The fraction of sp³-hybridized carbons (Fsp3) is 0.538. The highest BCUT2D eigenvalue weighted by Crippen LogP contribution is 2.34. The molecule has 1 aromatic heterocycles. The standard InChI is InChI=1S/C26H34FN5O3S/c1-16(17-6-10-19(27)11-7-17)29-26(33)18-8-12-20(13-9-18)32-36(34,35)21-14-24-25(28-15-21)31-23-5-3-2-4-22(23)30-24/h6-7,10-11,14-16,18,20,22-23,30,32H,2-5,8-9,12-13H2,1H3,(H,28,31)(H,29,33)/t16-,18-,20-,22+,23+/m1/s1. The van der Waals surface area contributed by atoms with Gasteiger partial charge in [-0.25, -0.2) is 22.5 Å². The maximum absolute atomic E-state index is 13.2. The molecule has 3 aliphatic rings. The summed E-state index contributed by atoms with van der Waals surface area (Å²) in [4.78, 5) is 17.3. The number of hydrogen-bond donors (Lipinski definition) is 4. The second-order valence-electron chi connectivity index (χ2n) is 10.3. The molecule has 194 valence electrons. The molecule has 4 N–H and O–H groups in total. The smallest absolute Gasteiger partial charge is 0.242 e. The van der Waals surface area contributed by atoms with Crippen LogP contribution in [-0.4, -0.2) is 37.4 Å². The molecule has 36 heavy (non-hydrogen) atoms. The predicted molar refractivity (Wildman–Crippen MR) is 137 cm³/mol. The third-order valence-corrected chi connectivity index (χ3v) is 9.24. The molecule has 0 bridgehead atoms. The molecule has 2 heterocycles. The lowest BCUT2D eigenvalue weighted by molar-refractivity contribution is -0.126. The van der Waals surface area contributed by atoms with Crippen LogP contribution >= 0.6 is 0 Å². The number of hydrogen-bond acceptors (Lipinski definition) is 6. The van der Waals surface area contributed by atoms with Gasteiger partial charge in [0.25, 0.3) is 0 Å². The van der Waals surface area contributed by atoms with E-state index in [1.807, 2.05) is 6.92 Å². The molecule has 8 nitrogen and oxygen atoms in total. The number of aromatic nitrogens is 1. The van der Waals surface area contributed by atoms with Crippen LogP contribution in [0, 0.1) is 11.7 Å². The van der Waals surface area contributed by atoms with Crippen molar-refractivity contribution in [2.24, 2.45) is 5.92 Å². The number of amides is 1. The van der Waals surface area contributed by atoms with Crippen LogP contribution in [0.3, 0.4) is 0 Å². The van der Waals surface area contributed by atoms with Crippen LogP contribution in [0.1, 0.15) is 69.9 Å². The summed E-state index contributed by atoms with van der Waals surface area (Å²) in [5, 5.41) is 9.94. The average Bonchev–Trinajstić information content (AvgIpc) is 2.87. The third kappa shape index (κ3) is 5.49. The van der Waals surface area contributed by atoms with Gasteiger partial charge in [-0.1, -0.05) is 25.0 Å². The van der Waals surface area contributed by atoms with E-state index in [1.165, 1.54) is 31.2 Å². The highest BCUT2D eigenvalue weighted by atomic mass is 32.2. The molecule has 1 aromatic carbocycles. The second-order valence-corrected chi connectivity index (χ2v) is 12.0. The first-order chi connectivity index (χ1) is 17.3. The van der Waals surface area contributed by atoms with E-state index in [0.717, 1.165) is 24.1 Å². The topological polar surface area (TPSA) is 112 Å². The summed E-state index contributed by atoms with van der Waals surface area (Å²) in [5.74, 6) is 0.179. The van der Waals surface area contributed by atoms with Crippen molar-refractivity contribution in [1.82, 2.24) is 15.0 Å². The number of sulfonamides is 1. The number of nitrogens with one attached hydrogen (secondary N) is 4. The van der Waals surface area contributed by atoms with Gasteiger partial charge in [0.05, 0.1) is 11.7 Å². The summed E-state index contributed by atoms with van der Waals surface area (Å²) in [6.45, 7) is 1.87. The Morgan fingerprint density at radius 2 is 1.69 bits per heavy atom. The zero-order chi connectivity index (χ0) is 25.3. The first-order valence-corrected chi connectivity index (χ1v) is 14.4. The van der Waals surface area contributed by atoms with E-state index in [1.54, 1.807) is 18.2 Å². The molecule has 2 saturated carbocycles. The van der Waals surface area contributed by atoms with Gasteiger partial charge in [0.2, 0.25) is 15.9 Å². The molecule has 2 aromatic rings. The normalized spacial score (nSPS) is 26.5. The van der Waals surface area contributed by atoms with Gasteiger partial charge in [0, 0.05) is 30.2 Å². The van der Waals surface area contributed by atoms with Crippen molar-refractivity contribution in [3.63, 3.8) is 0 Å². The van der Waals surface area contributed by atoms with Gasteiger partial charge in [-0.2, -0.15) is 0 Å². The van der Waals surface area contributed by atoms with Crippen LogP contribution in [0.2, 0.25) is 0 Å².